The fourth-order valence-corrected chi connectivity index (χ4v) is 2.70. The van der Waals surface area contributed by atoms with E-state index >= 15 is 0 Å². The molecule has 2 heterocycles. The SMILES string of the molecule is C=CCSc1nnc(-c2ccco2)n1Cc1ccccc1. The highest BCUT2D eigenvalue weighted by Gasteiger charge is 2.16. The summed E-state index contributed by atoms with van der Waals surface area (Å²) in [5.74, 6) is 2.27. The Labute approximate surface area is 127 Å². The Kier molecular flexibility index (Phi) is 4.21. The van der Waals surface area contributed by atoms with Crippen molar-refractivity contribution in [2.45, 2.75) is 11.7 Å². The van der Waals surface area contributed by atoms with Gasteiger partial charge < -0.3 is 4.42 Å². The van der Waals surface area contributed by atoms with Gasteiger partial charge in [0.1, 0.15) is 0 Å². The van der Waals surface area contributed by atoms with Crippen LogP contribution in [0.3, 0.4) is 0 Å². The van der Waals surface area contributed by atoms with Crippen LogP contribution in [-0.2, 0) is 6.54 Å². The fraction of sp³-hybridized carbons (Fsp3) is 0.125. The van der Waals surface area contributed by atoms with Gasteiger partial charge in [0.2, 0.25) is 5.82 Å². The lowest BCUT2D eigenvalue weighted by Crippen LogP contribution is -2.03. The lowest BCUT2D eigenvalue weighted by atomic mass is 10.2. The first-order valence-corrected chi connectivity index (χ1v) is 7.61. The van der Waals surface area contributed by atoms with Crippen LogP contribution in [0.1, 0.15) is 5.56 Å². The third-order valence-electron chi connectivity index (χ3n) is 2.97. The second-order valence-corrected chi connectivity index (χ2v) is 5.44. The molecule has 106 valence electrons. The van der Waals surface area contributed by atoms with Gasteiger partial charge in [-0.05, 0) is 17.7 Å². The molecule has 0 amide bonds. The summed E-state index contributed by atoms with van der Waals surface area (Å²) in [5.41, 5.74) is 1.20. The zero-order chi connectivity index (χ0) is 14.5. The Morgan fingerprint density at radius 2 is 2.00 bits per heavy atom. The molecule has 4 nitrogen and oxygen atoms in total. The number of nitrogens with zero attached hydrogens (tertiary/aromatic N) is 3. The van der Waals surface area contributed by atoms with E-state index in [4.69, 9.17) is 4.42 Å². The second-order valence-electron chi connectivity index (χ2n) is 4.45. The summed E-state index contributed by atoms with van der Waals surface area (Å²) >= 11 is 1.61. The number of aromatic nitrogens is 3. The molecule has 0 unspecified atom stereocenters. The van der Waals surface area contributed by atoms with E-state index in [9.17, 15) is 0 Å². The minimum absolute atomic E-state index is 0.712. The Balaban J connectivity index is 1.97. The van der Waals surface area contributed by atoms with Crippen LogP contribution in [-0.4, -0.2) is 20.5 Å². The van der Waals surface area contributed by atoms with Crippen molar-refractivity contribution in [1.82, 2.24) is 14.8 Å². The van der Waals surface area contributed by atoms with E-state index in [-0.39, 0.29) is 0 Å². The maximum absolute atomic E-state index is 5.46. The van der Waals surface area contributed by atoms with E-state index in [0.717, 1.165) is 22.5 Å². The van der Waals surface area contributed by atoms with Crippen molar-refractivity contribution < 1.29 is 4.42 Å². The quantitative estimate of drug-likeness (QED) is 0.512. The van der Waals surface area contributed by atoms with Gasteiger partial charge in [-0.15, -0.1) is 16.8 Å². The monoisotopic (exact) mass is 297 g/mol. The molecule has 0 bridgehead atoms. The number of hydrogen-bond acceptors (Lipinski definition) is 4. The van der Waals surface area contributed by atoms with Crippen LogP contribution < -0.4 is 0 Å². The van der Waals surface area contributed by atoms with E-state index in [1.54, 1.807) is 18.0 Å². The predicted octanol–water partition coefficient (Wildman–Crippen LogP) is 3.86. The maximum Gasteiger partial charge on any atom is 0.200 e. The van der Waals surface area contributed by atoms with E-state index < -0.39 is 0 Å². The van der Waals surface area contributed by atoms with Crippen LogP contribution in [0.5, 0.6) is 0 Å². The number of furan rings is 1. The second kappa shape index (κ2) is 6.45. The van der Waals surface area contributed by atoms with Crippen molar-refractivity contribution in [3.05, 3.63) is 66.9 Å². The minimum atomic E-state index is 0.712. The lowest BCUT2D eigenvalue weighted by molar-refractivity contribution is 0.569. The normalized spacial score (nSPS) is 10.7. The summed E-state index contributed by atoms with van der Waals surface area (Å²) in [5, 5.41) is 9.41. The van der Waals surface area contributed by atoms with Crippen LogP contribution in [0.25, 0.3) is 11.6 Å². The van der Waals surface area contributed by atoms with Crippen molar-refractivity contribution in [3.8, 4) is 11.6 Å². The summed E-state index contributed by atoms with van der Waals surface area (Å²) in [4.78, 5) is 0. The number of hydrogen-bond donors (Lipinski definition) is 0. The topological polar surface area (TPSA) is 43.9 Å². The summed E-state index contributed by atoms with van der Waals surface area (Å²) in [6.45, 7) is 4.46. The molecule has 0 aliphatic rings. The Bertz CT molecular complexity index is 704. The molecule has 0 aliphatic heterocycles. The van der Waals surface area contributed by atoms with Gasteiger partial charge in [-0.2, -0.15) is 0 Å². The first-order chi connectivity index (χ1) is 10.4. The van der Waals surface area contributed by atoms with Crippen molar-refractivity contribution in [1.29, 1.82) is 0 Å². The molecule has 1 aromatic carbocycles. The Morgan fingerprint density at radius 1 is 1.14 bits per heavy atom. The molecule has 5 heteroatoms. The molecule has 0 spiro atoms. The first-order valence-electron chi connectivity index (χ1n) is 6.63. The van der Waals surface area contributed by atoms with Crippen molar-refractivity contribution in [3.63, 3.8) is 0 Å². The third-order valence-corrected chi connectivity index (χ3v) is 3.93. The molecule has 0 saturated heterocycles. The van der Waals surface area contributed by atoms with Crippen molar-refractivity contribution in [2.24, 2.45) is 0 Å². The molecule has 0 aliphatic carbocycles. The summed E-state index contributed by atoms with van der Waals surface area (Å²) in [7, 11) is 0. The van der Waals surface area contributed by atoms with Crippen LogP contribution >= 0.6 is 11.8 Å². The number of thioether (sulfide) groups is 1. The number of rotatable bonds is 6. The van der Waals surface area contributed by atoms with Crippen molar-refractivity contribution in [2.75, 3.05) is 5.75 Å². The maximum atomic E-state index is 5.46. The highest BCUT2D eigenvalue weighted by Crippen LogP contribution is 2.25. The molecule has 0 N–H and O–H groups in total. The fourth-order valence-electron chi connectivity index (χ4n) is 2.03. The lowest BCUT2D eigenvalue weighted by Gasteiger charge is -2.08. The molecular formula is C16H15N3OS. The standard InChI is InChI=1S/C16H15N3OS/c1-2-11-21-16-18-17-15(14-9-6-10-20-14)19(16)12-13-7-4-3-5-8-13/h2-10H,1,11-12H2. The molecule has 21 heavy (non-hydrogen) atoms. The summed E-state index contributed by atoms with van der Waals surface area (Å²) < 4.78 is 7.53. The smallest absolute Gasteiger partial charge is 0.200 e. The predicted molar refractivity (Wildman–Crippen MR) is 84.2 cm³/mol. The van der Waals surface area contributed by atoms with Gasteiger partial charge in [0.15, 0.2) is 10.9 Å². The number of benzene rings is 1. The third kappa shape index (κ3) is 3.08. The van der Waals surface area contributed by atoms with Gasteiger partial charge in [0.05, 0.1) is 12.8 Å². The van der Waals surface area contributed by atoms with Gasteiger partial charge in [0, 0.05) is 5.75 Å². The van der Waals surface area contributed by atoms with Crippen LogP contribution in [0.15, 0.2) is 71.0 Å². The zero-order valence-corrected chi connectivity index (χ0v) is 12.3. The van der Waals surface area contributed by atoms with Gasteiger partial charge in [-0.1, -0.05) is 48.2 Å². The molecule has 3 aromatic rings. The van der Waals surface area contributed by atoms with Gasteiger partial charge >= 0.3 is 0 Å². The molecule has 0 saturated carbocycles. The Morgan fingerprint density at radius 3 is 2.71 bits per heavy atom. The summed E-state index contributed by atoms with van der Waals surface area (Å²) in [6, 6.07) is 14.0. The van der Waals surface area contributed by atoms with Crippen LogP contribution in [0.4, 0.5) is 0 Å². The largest absolute Gasteiger partial charge is 0.461 e. The molecule has 0 atom stereocenters. The van der Waals surface area contributed by atoms with Gasteiger partial charge in [-0.25, -0.2) is 0 Å². The van der Waals surface area contributed by atoms with Crippen LogP contribution in [0.2, 0.25) is 0 Å². The van der Waals surface area contributed by atoms with E-state index in [0.29, 0.717) is 6.54 Å². The average molecular weight is 297 g/mol. The van der Waals surface area contributed by atoms with Crippen LogP contribution in [0, 0.1) is 0 Å². The highest BCUT2D eigenvalue weighted by atomic mass is 32.2. The molecule has 2 aromatic heterocycles. The van der Waals surface area contributed by atoms with E-state index in [2.05, 4.69) is 33.5 Å². The average Bonchev–Trinajstić information content (AvgIpc) is 3.16. The Hall–Kier alpha value is -2.27. The molecule has 0 radical (unpaired) electrons. The van der Waals surface area contributed by atoms with E-state index in [1.807, 2.05) is 36.4 Å². The molecular weight excluding hydrogens is 282 g/mol. The van der Waals surface area contributed by atoms with Crippen molar-refractivity contribution >= 4 is 11.8 Å². The van der Waals surface area contributed by atoms with E-state index in [1.165, 1.54) is 5.56 Å². The first kappa shape index (κ1) is 13.7. The van der Waals surface area contributed by atoms with Gasteiger partial charge in [-0.3, -0.25) is 4.57 Å². The van der Waals surface area contributed by atoms with Gasteiger partial charge in [0.25, 0.3) is 0 Å². The zero-order valence-electron chi connectivity index (χ0n) is 11.5. The highest BCUT2D eigenvalue weighted by molar-refractivity contribution is 7.99. The molecule has 3 rings (SSSR count). The minimum Gasteiger partial charge on any atom is -0.461 e. The molecule has 0 fully saturated rings. The summed E-state index contributed by atoms with van der Waals surface area (Å²) in [6.07, 6.45) is 3.51.